The number of H-pyrrole nitrogens is 1. The van der Waals surface area contributed by atoms with Gasteiger partial charge < -0.3 is 5.32 Å². The van der Waals surface area contributed by atoms with Gasteiger partial charge in [-0.05, 0) is 31.1 Å². The zero-order valence-electron chi connectivity index (χ0n) is 12.4. The highest BCUT2D eigenvalue weighted by Crippen LogP contribution is 2.17. The summed E-state index contributed by atoms with van der Waals surface area (Å²) in [7, 11) is 0. The number of thiocarbonyl (C=S) groups is 1. The molecule has 0 unspecified atom stereocenters. The number of aromatic amines is 1. The van der Waals surface area contributed by atoms with Gasteiger partial charge in [0.15, 0.2) is 10.8 Å². The van der Waals surface area contributed by atoms with Crippen LogP contribution in [0.2, 0.25) is 0 Å². The van der Waals surface area contributed by atoms with Crippen molar-refractivity contribution in [2.24, 2.45) is 0 Å². The van der Waals surface area contributed by atoms with Crippen LogP contribution >= 0.6 is 12.2 Å². The number of hydrazine groups is 1. The number of rotatable bonds is 2. The standard InChI is InChI=1S/C15H17N5O2S/c21-13-11-8-4-3-7-10(11)12(17-18-13)14(22)19-20-15(23)16-9-5-1-2-6-9/h3-4,7-9H,1-2,5-6H2,(H,18,21)(H,19,22)(H2,16,20,23). The molecule has 8 heteroatoms. The van der Waals surface area contributed by atoms with E-state index < -0.39 is 5.91 Å². The predicted molar refractivity (Wildman–Crippen MR) is 91.0 cm³/mol. The van der Waals surface area contributed by atoms with Gasteiger partial charge in [0.1, 0.15) is 0 Å². The summed E-state index contributed by atoms with van der Waals surface area (Å²) in [5, 5.41) is 10.6. The molecule has 0 atom stereocenters. The van der Waals surface area contributed by atoms with Crippen molar-refractivity contribution in [1.82, 2.24) is 26.4 Å². The average Bonchev–Trinajstić information content (AvgIpc) is 3.06. The lowest BCUT2D eigenvalue weighted by Gasteiger charge is -2.16. The van der Waals surface area contributed by atoms with Gasteiger partial charge in [-0.15, -0.1) is 0 Å². The molecule has 0 bridgehead atoms. The summed E-state index contributed by atoms with van der Waals surface area (Å²) in [5.74, 6) is -0.465. The summed E-state index contributed by atoms with van der Waals surface area (Å²) < 4.78 is 0. The van der Waals surface area contributed by atoms with E-state index in [1.165, 1.54) is 12.8 Å². The number of benzene rings is 1. The Morgan fingerprint density at radius 3 is 2.61 bits per heavy atom. The Bertz CT molecular complexity index is 798. The number of nitrogens with zero attached hydrogens (tertiary/aromatic N) is 1. The molecule has 1 aliphatic rings. The fraction of sp³-hybridized carbons (Fsp3) is 0.333. The third kappa shape index (κ3) is 3.48. The molecule has 3 rings (SSSR count). The maximum Gasteiger partial charge on any atom is 0.290 e. The van der Waals surface area contributed by atoms with E-state index in [4.69, 9.17) is 12.2 Å². The molecule has 0 saturated heterocycles. The van der Waals surface area contributed by atoms with Gasteiger partial charge in [-0.25, -0.2) is 5.10 Å². The van der Waals surface area contributed by atoms with Crippen LogP contribution < -0.4 is 21.7 Å². The van der Waals surface area contributed by atoms with Crippen molar-refractivity contribution in [3.05, 3.63) is 40.3 Å². The number of nitrogens with one attached hydrogen (secondary N) is 4. The van der Waals surface area contributed by atoms with Crippen molar-refractivity contribution >= 4 is 34.0 Å². The van der Waals surface area contributed by atoms with E-state index in [0.29, 0.717) is 21.9 Å². The fourth-order valence-electron chi connectivity index (χ4n) is 2.75. The van der Waals surface area contributed by atoms with Gasteiger partial charge in [-0.1, -0.05) is 31.0 Å². The molecule has 1 saturated carbocycles. The summed E-state index contributed by atoms with van der Waals surface area (Å²) in [4.78, 5) is 24.0. The van der Waals surface area contributed by atoms with Crippen LogP contribution in [0.3, 0.4) is 0 Å². The van der Waals surface area contributed by atoms with Gasteiger partial charge in [0.25, 0.3) is 11.5 Å². The van der Waals surface area contributed by atoms with Gasteiger partial charge in [-0.3, -0.25) is 20.4 Å². The number of aromatic nitrogens is 2. The highest BCUT2D eigenvalue weighted by atomic mass is 32.1. The number of hydrogen-bond donors (Lipinski definition) is 4. The lowest BCUT2D eigenvalue weighted by Crippen LogP contribution is -2.49. The Kier molecular flexibility index (Phi) is 4.52. The Morgan fingerprint density at radius 1 is 1.17 bits per heavy atom. The van der Waals surface area contributed by atoms with Gasteiger partial charge in [0.05, 0.1) is 5.39 Å². The topological polar surface area (TPSA) is 98.9 Å². The normalized spacial score (nSPS) is 14.6. The minimum Gasteiger partial charge on any atom is -0.359 e. The molecule has 1 heterocycles. The number of fused-ring (bicyclic) bond motifs is 1. The summed E-state index contributed by atoms with van der Waals surface area (Å²) >= 11 is 5.16. The zero-order chi connectivity index (χ0) is 16.2. The molecular weight excluding hydrogens is 314 g/mol. The van der Waals surface area contributed by atoms with E-state index in [0.717, 1.165) is 12.8 Å². The summed E-state index contributed by atoms with van der Waals surface area (Å²) in [6.45, 7) is 0. The minimum absolute atomic E-state index is 0.136. The third-order valence-electron chi connectivity index (χ3n) is 3.89. The molecule has 2 aromatic rings. The van der Waals surface area contributed by atoms with E-state index >= 15 is 0 Å². The average molecular weight is 331 g/mol. The highest BCUT2D eigenvalue weighted by Gasteiger charge is 2.17. The van der Waals surface area contributed by atoms with Crippen LogP contribution in [-0.2, 0) is 0 Å². The molecule has 120 valence electrons. The molecule has 7 nitrogen and oxygen atoms in total. The van der Waals surface area contributed by atoms with Crippen LogP contribution in [0.1, 0.15) is 36.2 Å². The first kappa shape index (κ1) is 15.4. The molecule has 0 spiro atoms. The van der Waals surface area contributed by atoms with E-state index in [1.54, 1.807) is 24.3 Å². The molecule has 1 aromatic heterocycles. The number of hydrogen-bond acceptors (Lipinski definition) is 4. The number of carbonyl (C=O) groups is 1. The molecular formula is C15H17N5O2S. The molecule has 1 amide bonds. The van der Waals surface area contributed by atoms with Crippen molar-refractivity contribution in [2.45, 2.75) is 31.7 Å². The van der Waals surface area contributed by atoms with Crippen LogP contribution in [0.25, 0.3) is 10.8 Å². The lowest BCUT2D eigenvalue weighted by atomic mass is 10.1. The highest BCUT2D eigenvalue weighted by molar-refractivity contribution is 7.80. The molecule has 0 aliphatic heterocycles. The first-order chi connectivity index (χ1) is 11.1. The van der Waals surface area contributed by atoms with E-state index in [-0.39, 0.29) is 11.3 Å². The second-order valence-electron chi connectivity index (χ2n) is 5.48. The van der Waals surface area contributed by atoms with Crippen LogP contribution in [-0.4, -0.2) is 27.3 Å². The van der Waals surface area contributed by atoms with Crippen molar-refractivity contribution < 1.29 is 4.79 Å². The number of carbonyl (C=O) groups excluding carboxylic acids is 1. The Balaban J connectivity index is 1.68. The summed E-state index contributed by atoms with van der Waals surface area (Å²) in [6, 6.07) is 7.17. The predicted octanol–water partition coefficient (Wildman–Crippen LogP) is 0.975. The van der Waals surface area contributed by atoms with Crippen molar-refractivity contribution in [2.75, 3.05) is 0 Å². The quantitative estimate of drug-likeness (QED) is 0.484. The van der Waals surface area contributed by atoms with Gasteiger partial charge in [-0.2, -0.15) is 5.10 Å². The van der Waals surface area contributed by atoms with Crippen LogP contribution in [0.15, 0.2) is 29.1 Å². The molecule has 23 heavy (non-hydrogen) atoms. The third-order valence-corrected chi connectivity index (χ3v) is 4.11. The SMILES string of the molecule is O=C(NNC(=S)NC1CCCC1)c1n[nH]c(=O)c2ccccc12. The molecule has 4 N–H and O–H groups in total. The van der Waals surface area contributed by atoms with E-state index in [1.807, 2.05) is 0 Å². The van der Waals surface area contributed by atoms with Gasteiger partial charge >= 0.3 is 0 Å². The summed E-state index contributed by atoms with van der Waals surface area (Å²) in [6.07, 6.45) is 4.56. The van der Waals surface area contributed by atoms with Crippen LogP contribution in [0.4, 0.5) is 0 Å². The fourth-order valence-corrected chi connectivity index (χ4v) is 2.97. The van der Waals surface area contributed by atoms with Gasteiger partial charge in [0.2, 0.25) is 0 Å². The maximum atomic E-state index is 12.3. The van der Waals surface area contributed by atoms with E-state index in [9.17, 15) is 9.59 Å². The Hall–Kier alpha value is -2.48. The smallest absolute Gasteiger partial charge is 0.290 e. The number of amides is 1. The summed E-state index contributed by atoms with van der Waals surface area (Å²) in [5.41, 5.74) is 4.99. The minimum atomic E-state index is -0.465. The molecule has 1 fully saturated rings. The monoisotopic (exact) mass is 331 g/mol. The first-order valence-electron chi connectivity index (χ1n) is 7.49. The second-order valence-corrected chi connectivity index (χ2v) is 5.89. The molecule has 1 aromatic carbocycles. The molecule has 0 radical (unpaired) electrons. The van der Waals surface area contributed by atoms with Crippen molar-refractivity contribution in [3.8, 4) is 0 Å². The maximum absolute atomic E-state index is 12.3. The second kappa shape index (κ2) is 6.74. The van der Waals surface area contributed by atoms with E-state index in [2.05, 4.69) is 26.4 Å². The van der Waals surface area contributed by atoms with Crippen LogP contribution in [0.5, 0.6) is 0 Å². The van der Waals surface area contributed by atoms with Gasteiger partial charge in [0, 0.05) is 11.4 Å². The zero-order valence-corrected chi connectivity index (χ0v) is 13.2. The first-order valence-corrected chi connectivity index (χ1v) is 7.90. The Morgan fingerprint density at radius 2 is 1.87 bits per heavy atom. The largest absolute Gasteiger partial charge is 0.359 e. The van der Waals surface area contributed by atoms with Crippen molar-refractivity contribution in [1.29, 1.82) is 0 Å². The lowest BCUT2D eigenvalue weighted by molar-refractivity contribution is 0.0939. The molecule has 1 aliphatic carbocycles. The van der Waals surface area contributed by atoms with Crippen LogP contribution in [0, 0.1) is 0 Å². The Labute approximate surface area is 137 Å². The van der Waals surface area contributed by atoms with Crippen molar-refractivity contribution in [3.63, 3.8) is 0 Å².